The van der Waals surface area contributed by atoms with Gasteiger partial charge in [-0.1, -0.05) is 31.4 Å². The molecule has 1 aliphatic carbocycles. The summed E-state index contributed by atoms with van der Waals surface area (Å²) in [5.41, 5.74) is 0.850. The molecule has 1 aromatic carbocycles. The number of carbonyl (C=O) groups excluding carboxylic acids is 1. The van der Waals surface area contributed by atoms with Crippen molar-refractivity contribution in [3.8, 4) is 0 Å². The Bertz CT molecular complexity index is 811. The summed E-state index contributed by atoms with van der Waals surface area (Å²) in [4.78, 5) is 26.8. The topological polar surface area (TPSA) is 42.3 Å². The minimum atomic E-state index is 0.0114. The first-order chi connectivity index (χ1) is 11.7. The molecule has 24 heavy (non-hydrogen) atoms. The zero-order valence-electron chi connectivity index (χ0n) is 14.0. The summed E-state index contributed by atoms with van der Waals surface area (Å²) < 4.78 is 1.91. The number of rotatable bonds is 2. The zero-order valence-corrected chi connectivity index (χ0v) is 14.0. The lowest BCUT2D eigenvalue weighted by Gasteiger charge is -2.41. The molecule has 0 radical (unpaired) electrons. The summed E-state index contributed by atoms with van der Waals surface area (Å²) in [6.45, 7) is 2.12. The molecule has 0 unspecified atom stereocenters. The standard InChI is InChI=1S/C20H24N2O2/c23-19-10-12-21(18-8-4-3-7-17(18)19)14-20(24)22-11-9-15-5-1-2-6-16(15)13-22/h3-4,7-8,10,12,15-16H,1-2,5-6,9,11,13-14H2/t15-,16-/m0/s1. The highest BCUT2D eigenvalue weighted by molar-refractivity contribution is 5.82. The molecule has 4 nitrogen and oxygen atoms in total. The fourth-order valence-corrected chi connectivity index (χ4v) is 4.47. The highest BCUT2D eigenvalue weighted by Gasteiger charge is 2.32. The molecule has 126 valence electrons. The van der Waals surface area contributed by atoms with Gasteiger partial charge < -0.3 is 9.47 Å². The fraction of sp³-hybridized carbons (Fsp3) is 0.500. The lowest BCUT2D eigenvalue weighted by Crippen LogP contribution is -2.45. The van der Waals surface area contributed by atoms with E-state index in [4.69, 9.17) is 0 Å². The van der Waals surface area contributed by atoms with Gasteiger partial charge >= 0.3 is 0 Å². The van der Waals surface area contributed by atoms with Crippen molar-refractivity contribution >= 4 is 16.8 Å². The molecule has 0 spiro atoms. The lowest BCUT2D eigenvalue weighted by atomic mass is 9.75. The summed E-state index contributed by atoms with van der Waals surface area (Å²) in [5, 5.41) is 0.679. The van der Waals surface area contributed by atoms with E-state index in [1.54, 1.807) is 12.3 Å². The molecule has 2 fully saturated rings. The van der Waals surface area contributed by atoms with Crippen LogP contribution in [0.3, 0.4) is 0 Å². The number of piperidine rings is 1. The van der Waals surface area contributed by atoms with Gasteiger partial charge in [-0.15, -0.1) is 0 Å². The van der Waals surface area contributed by atoms with Crippen molar-refractivity contribution in [1.82, 2.24) is 9.47 Å². The third-order valence-electron chi connectivity index (χ3n) is 5.83. The van der Waals surface area contributed by atoms with E-state index in [-0.39, 0.29) is 11.3 Å². The zero-order chi connectivity index (χ0) is 16.5. The van der Waals surface area contributed by atoms with E-state index < -0.39 is 0 Å². The van der Waals surface area contributed by atoms with E-state index in [9.17, 15) is 9.59 Å². The minimum absolute atomic E-state index is 0.0114. The van der Waals surface area contributed by atoms with E-state index >= 15 is 0 Å². The monoisotopic (exact) mass is 324 g/mol. The average molecular weight is 324 g/mol. The average Bonchev–Trinajstić information content (AvgIpc) is 2.64. The second kappa shape index (κ2) is 6.42. The Morgan fingerprint density at radius 2 is 1.83 bits per heavy atom. The molecule has 1 aliphatic heterocycles. The molecule has 4 heteroatoms. The van der Waals surface area contributed by atoms with Gasteiger partial charge in [-0.25, -0.2) is 0 Å². The van der Waals surface area contributed by atoms with E-state index in [1.807, 2.05) is 33.7 Å². The van der Waals surface area contributed by atoms with E-state index in [2.05, 4.69) is 0 Å². The van der Waals surface area contributed by atoms with Crippen molar-refractivity contribution < 1.29 is 4.79 Å². The van der Waals surface area contributed by atoms with Crippen LogP contribution in [-0.4, -0.2) is 28.5 Å². The van der Waals surface area contributed by atoms with Gasteiger partial charge in [-0.05, 0) is 36.8 Å². The Morgan fingerprint density at radius 3 is 2.71 bits per heavy atom. The van der Waals surface area contributed by atoms with E-state index in [0.29, 0.717) is 17.8 Å². The number of aromatic nitrogens is 1. The largest absolute Gasteiger partial charge is 0.341 e. The van der Waals surface area contributed by atoms with Crippen LogP contribution in [0.25, 0.3) is 10.9 Å². The van der Waals surface area contributed by atoms with Crippen molar-refractivity contribution in [3.05, 3.63) is 46.8 Å². The second-order valence-electron chi connectivity index (χ2n) is 7.26. The minimum Gasteiger partial charge on any atom is -0.341 e. The van der Waals surface area contributed by atoms with Crippen LogP contribution in [-0.2, 0) is 11.3 Å². The first-order valence-corrected chi connectivity index (χ1v) is 9.08. The lowest BCUT2D eigenvalue weighted by molar-refractivity contribution is -0.134. The number of benzene rings is 1. The molecular formula is C20H24N2O2. The molecule has 0 bridgehead atoms. The predicted octanol–water partition coefficient (Wildman–Crippen LogP) is 3.04. The van der Waals surface area contributed by atoms with Crippen LogP contribution >= 0.6 is 0 Å². The number of hydrogen-bond donors (Lipinski definition) is 0. The maximum atomic E-state index is 12.8. The normalized spacial score (nSPS) is 23.9. The van der Waals surface area contributed by atoms with Crippen LogP contribution in [0.1, 0.15) is 32.1 Å². The summed E-state index contributed by atoms with van der Waals surface area (Å²) >= 11 is 0. The highest BCUT2D eigenvalue weighted by atomic mass is 16.2. The third-order valence-corrected chi connectivity index (χ3v) is 5.83. The van der Waals surface area contributed by atoms with Gasteiger partial charge in [0.15, 0.2) is 5.43 Å². The third kappa shape index (κ3) is 2.85. The van der Waals surface area contributed by atoms with E-state index in [0.717, 1.165) is 30.9 Å². The van der Waals surface area contributed by atoms with Crippen LogP contribution < -0.4 is 5.43 Å². The molecule has 4 rings (SSSR count). The molecule has 1 amide bonds. The molecule has 2 aromatic rings. The Labute approximate surface area is 142 Å². The van der Waals surface area contributed by atoms with Gasteiger partial charge in [0, 0.05) is 30.7 Å². The Morgan fingerprint density at radius 1 is 1.04 bits per heavy atom. The summed E-state index contributed by atoms with van der Waals surface area (Å²) in [6, 6.07) is 9.08. The molecule has 1 aromatic heterocycles. The summed E-state index contributed by atoms with van der Waals surface area (Å²) in [5.74, 6) is 1.70. The molecule has 0 N–H and O–H groups in total. The second-order valence-corrected chi connectivity index (χ2v) is 7.26. The number of likely N-dealkylation sites (tertiary alicyclic amines) is 1. The predicted molar refractivity (Wildman–Crippen MR) is 94.9 cm³/mol. The van der Waals surface area contributed by atoms with Crippen molar-refractivity contribution in [2.45, 2.75) is 38.6 Å². The number of carbonyl (C=O) groups is 1. The first-order valence-electron chi connectivity index (χ1n) is 9.08. The fourth-order valence-electron chi connectivity index (χ4n) is 4.47. The number of fused-ring (bicyclic) bond motifs is 2. The Kier molecular flexibility index (Phi) is 4.13. The van der Waals surface area contributed by atoms with Crippen LogP contribution in [0.4, 0.5) is 0 Å². The molecule has 2 heterocycles. The quantitative estimate of drug-likeness (QED) is 0.852. The first kappa shape index (κ1) is 15.4. The maximum absolute atomic E-state index is 12.8. The van der Waals surface area contributed by atoms with Gasteiger partial charge in [-0.2, -0.15) is 0 Å². The van der Waals surface area contributed by atoms with Crippen LogP contribution in [0.15, 0.2) is 41.3 Å². The van der Waals surface area contributed by atoms with Crippen molar-refractivity contribution in [2.75, 3.05) is 13.1 Å². The molecule has 1 saturated carbocycles. The van der Waals surface area contributed by atoms with E-state index in [1.165, 1.54) is 25.7 Å². The molecule has 2 aliphatic rings. The van der Waals surface area contributed by atoms with Gasteiger partial charge in [-0.3, -0.25) is 9.59 Å². The Hall–Kier alpha value is -2.10. The van der Waals surface area contributed by atoms with Crippen molar-refractivity contribution in [1.29, 1.82) is 0 Å². The smallest absolute Gasteiger partial charge is 0.242 e. The molecular weight excluding hydrogens is 300 g/mol. The van der Waals surface area contributed by atoms with Crippen molar-refractivity contribution in [3.63, 3.8) is 0 Å². The van der Waals surface area contributed by atoms with Gasteiger partial charge in [0.05, 0.1) is 5.52 Å². The molecule has 1 saturated heterocycles. The maximum Gasteiger partial charge on any atom is 0.242 e. The Balaban J connectivity index is 1.52. The van der Waals surface area contributed by atoms with Crippen LogP contribution in [0.2, 0.25) is 0 Å². The number of para-hydroxylation sites is 1. The van der Waals surface area contributed by atoms with Crippen LogP contribution in [0, 0.1) is 11.8 Å². The number of nitrogens with zero attached hydrogens (tertiary/aromatic N) is 2. The summed E-state index contributed by atoms with van der Waals surface area (Å²) in [6.07, 6.45) is 8.19. The van der Waals surface area contributed by atoms with Gasteiger partial charge in [0.2, 0.25) is 5.91 Å². The SMILES string of the molecule is O=C(Cn1ccc(=O)c2ccccc21)N1CC[C@@H]2CCCC[C@H]2C1. The number of pyridine rings is 1. The highest BCUT2D eigenvalue weighted by Crippen LogP contribution is 2.36. The van der Waals surface area contributed by atoms with Gasteiger partial charge in [0.25, 0.3) is 0 Å². The number of hydrogen-bond acceptors (Lipinski definition) is 2. The van der Waals surface area contributed by atoms with Crippen LogP contribution in [0.5, 0.6) is 0 Å². The van der Waals surface area contributed by atoms with Crippen molar-refractivity contribution in [2.24, 2.45) is 11.8 Å². The summed E-state index contributed by atoms with van der Waals surface area (Å²) in [7, 11) is 0. The van der Waals surface area contributed by atoms with Gasteiger partial charge in [0.1, 0.15) is 6.54 Å². The molecule has 2 atom stereocenters. The number of amides is 1.